The zero-order valence-electron chi connectivity index (χ0n) is 11.4. The third-order valence-electron chi connectivity index (χ3n) is 3.27. The van der Waals surface area contributed by atoms with Crippen molar-refractivity contribution in [3.05, 3.63) is 41.5 Å². The molecular weight excluding hydrogens is 254 g/mol. The van der Waals surface area contributed by atoms with Crippen LogP contribution in [0.1, 0.15) is 28.7 Å². The van der Waals surface area contributed by atoms with Crippen LogP contribution in [0.5, 0.6) is 0 Å². The monoisotopic (exact) mass is 269 g/mol. The van der Waals surface area contributed by atoms with Gasteiger partial charge in [-0.15, -0.1) is 0 Å². The van der Waals surface area contributed by atoms with Crippen molar-refractivity contribution in [2.45, 2.75) is 20.4 Å². The van der Waals surface area contributed by atoms with Crippen molar-refractivity contribution >= 4 is 17.3 Å². The second kappa shape index (κ2) is 4.88. The molecule has 6 heteroatoms. The maximum atomic E-state index is 12.2. The second-order valence-electron chi connectivity index (χ2n) is 4.58. The number of carbonyl (C=O) groups is 1. The van der Waals surface area contributed by atoms with Crippen LogP contribution in [0, 0.1) is 6.92 Å². The van der Waals surface area contributed by atoms with E-state index in [0.29, 0.717) is 24.5 Å². The van der Waals surface area contributed by atoms with Crippen molar-refractivity contribution in [1.29, 1.82) is 0 Å². The number of carbonyl (C=O) groups excluding carboxylic acids is 1. The fourth-order valence-electron chi connectivity index (χ4n) is 2.28. The summed E-state index contributed by atoms with van der Waals surface area (Å²) in [7, 11) is 0. The summed E-state index contributed by atoms with van der Waals surface area (Å²) >= 11 is 0. The fraction of sp³-hybridized carbons (Fsp3) is 0.286. The first-order valence-electron chi connectivity index (χ1n) is 6.54. The number of hydrogen-bond acceptors (Lipinski definition) is 4. The van der Waals surface area contributed by atoms with Crippen LogP contribution >= 0.6 is 0 Å². The van der Waals surface area contributed by atoms with Crippen LogP contribution in [-0.2, 0) is 6.54 Å². The normalized spacial score (nSPS) is 14.3. The molecule has 0 saturated carbocycles. The number of nitrogens with one attached hydrogen (secondary N) is 1. The number of nitrogens with zero attached hydrogens (tertiary/aromatic N) is 4. The van der Waals surface area contributed by atoms with Crippen molar-refractivity contribution < 1.29 is 4.79 Å². The molecule has 102 valence electrons. The van der Waals surface area contributed by atoms with Gasteiger partial charge >= 0.3 is 0 Å². The Morgan fingerprint density at radius 3 is 3.00 bits per heavy atom. The summed E-state index contributed by atoms with van der Waals surface area (Å²) in [6.07, 6.45) is 3.46. The summed E-state index contributed by atoms with van der Waals surface area (Å²) in [4.78, 5) is 20.9. The summed E-state index contributed by atoms with van der Waals surface area (Å²) in [6, 6.07) is 3.79. The van der Waals surface area contributed by atoms with Crippen LogP contribution in [0.2, 0.25) is 0 Å². The SMILES string of the molecule is CCn1nc(C)c2c1C(=O)NCC(c1cccnc1)=N2. The lowest BCUT2D eigenvalue weighted by Crippen LogP contribution is -2.29. The first-order valence-corrected chi connectivity index (χ1v) is 6.54. The molecule has 0 spiro atoms. The van der Waals surface area contributed by atoms with Crippen LogP contribution in [0.15, 0.2) is 29.5 Å². The van der Waals surface area contributed by atoms with E-state index in [1.807, 2.05) is 26.0 Å². The Morgan fingerprint density at radius 2 is 2.30 bits per heavy atom. The number of aliphatic imine (C=N–C) groups is 1. The Hall–Kier alpha value is -2.50. The third-order valence-corrected chi connectivity index (χ3v) is 3.27. The van der Waals surface area contributed by atoms with E-state index in [1.54, 1.807) is 17.1 Å². The molecule has 20 heavy (non-hydrogen) atoms. The average molecular weight is 269 g/mol. The number of rotatable bonds is 2. The number of aryl methyl sites for hydroxylation is 2. The highest BCUT2D eigenvalue weighted by Crippen LogP contribution is 2.26. The zero-order chi connectivity index (χ0) is 14.1. The van der Waals surface area contributed by atoms with Crippen molar-refractivity contribution in [3.63, 3.8) is 0 Å². The summed E-state index contributed by atoms with van der Waals surface area (Å²) in [5, 5.41) is 7.24. The van der Waals surface area contributed by atoms with Crippen LogP contribution in [0.4, 0.5) is 5.69 Å². The van der Waals surface area contributed by atoms with Gasteiger partial charge in [0.15, 0.2) is 5.69 Å². The molecule has 1 aliphatic rings. The van der Waals surface area contributed by atoms with Gasteiger partial charge in [0.05, 0.1) is 18.0 Å². The Kier molecular flexibility index (Phi) is 3.06. The molecule has 0 fully saturated rings. The fourth-order valence-corrected chi connectivity index (χ4v) is 2.28. The predicted octanol–water partition coefficient (Wildman–Crippen LogP) is 1.47. The van der Waals surface area contributed by atoms with Crippen LogP contribution in [-0.4, -0.2) is 32.9 Å². The number of aromatic nitrogens is 3. The molecule has 3 heterocycles. The lowest BCUT2D eigenvalue weighted by molar-refractivity contribution is 0.0950. The molecule has 0 aromatic carbocycles. The predicted molar refractivity (Wildman–Crippen MR) is 75.4 cm³/mol. The van der Waals surface area contributed by atoms with Crippen LogP contribution in [0.3, 0.4) is 0 Å². The summed E-state index contributed by atoms with van der Waals surface area (Å²) in [6.45, 7) is 4.86. The quantitative estimate of drug-likeness (QED) is 0.897. The topological polar surface area (TPSA) is 72.2 Å². The van der Waals surface area contributed by atoms with Gasteiger partial charge < -0.3 is 5.32 Å². The third kappa shape index (κ3) is 1.99. The van der Waals surface area contributed by atoms with E-state index >= 15 is 0 Å². The van der Waals surface area contributed by atoms with E-state index in [2.05, 4.69) is 20.4 Å². The molecule has 1 aliphatic heterocycles. The Bertz CT molecular complexity index is 687. The molecule has 0 bridgehead atoms. The molecule has 0 saturated heterocycles. The van der Waals surface area contributed by atoms with Crippen LogP contribution in [0.25, 0.3) is 0 Å². The van der Waals surface area contributed by atoms with E-state index in [9.17, 15) is 4.79 Å². The summed E-state index contributed by atoms with van der Waals surface area (Å²) < 4.78 is 1.69. The van der Waals surface area contributed by atoms with E-state index in [-0.39, 0.29) is 5.91 Å². The maximum absolute atomic E-state index is 12.2. The van der Waals surface area contributed by atoms with Gasteiger partial charge in [0, 0.05) is 24.5 Å². The smallest absolute Gasteiger partial charge is 0.272 e. The van der Waals surface area contributed by atoms with E-state index in [4.69, 9.17) is 0 Å². The molecule has 0 atom stereocenters. The second-order valence-corrected chi connectivity index (χ2v) is 4.58. The van der Waals surface area contributed by atoms with Crippen molar-refractivity contribution in [2.24, 2.45) is 4.99 Å². The summed E-state index contributed by atoms with van der Waals surface area (Å²) in [5.74, 6) is -0.134. The van der Waals surface area contributed by atoms with Gasteiger partial charge in [-0.05, 0) is 19.9 Å². The van der Waals surface area contributed by atoms with Gasteiger partial charge in [0.2, 0.25) is 0 Å². The van der Waals surface area contributed by atoms with Gasteiger partial charge in [-0.25, -0.2) is 4.99 Å². The Balaban J connectivity index is 2.15. The molecular formula is C14H15N5O. The number of hydrogen-bond donors (Lipinski definition) is 1. The molecule has 3 rings (SSSR count). The minimum atomic E-state index is -0.134. The standard InChI is InChI=1S/C14H15N5O/c1-3-19-13-12(9(2)18-19)17-11(8-16-14(13)20)10-5-4-6-15-7-10/h4-7H,3,8H2,1-2H3,(H,16,20). The molecule has 1 N–H and O–H groups in total. The number of amides is 1. The van der Waals surface area contributed by atoms with E-state index < -0.39 is 0 Å². The molecule has 0 unspecified atom stereocenters. The molecule has 6 nitrogen and oxygen atoms in total. The van der Waals surface area contributed by atoms with Crippen molar-refractivity contribution in [2.75, 3.05) is 6.54 Å². The minimum absolute atomic E-state index is 0.134. The average Bonchev–Trinajstić information content (AvgIpc) is 2.68. The van der Waals surface area contributed by atoms with Gasteiger partial charge in [0.25, 0.3) is 5.91 Å². The van der Waals surface area contributed by atoms with E-state index in [0.717, 1.165) is 17.0 Å². The lowest BCUT2D eigenvalue weighted by atomic mass is 10.2. The van der Waals surface area contributed by atoms with Crippen LogP contribution < -0.4 is 5.32 Å². The minimum Gasteiger partial charge on any atom is -0.345 e. The molecule has 0 radical (unpaired) electrons. The largest absolute Gasteiger partial charge is 0.345 e. The highest BCUT2D eigenvalue weighted by atomic mass is 16.2. The van der Waals surface area contributed by atoms with E-state index in [1.165, 1.54) is 0 Å². The Labute approximate surface area is 116 Å². The lowest BCUT2D eigenvalue weighted by Gasteiger charge is -2.05. The Morgan fingerprint density at radius 1 is 1.45 bits per heavy atom. The van der Waals surface area contributed by atoms with Crippen molar-refractivity contribution in [3.8, 4) is 0 Å². The molecule has 2 aromatic rings. The van der Waals surface area contributed by atoms with Gasteiger partial charge in [-0.3, -0.25) is 14.5 Å². The maximum Gasteiger partial charge on any atom is 0.272 e. The van der Waals surface area contributed by atoms with Gasteiger partial charge in [-0.1, -0.05) is 6.07 Å². The number of pyridine rings is 1. The van der Waals surface area contributed by atoms with Crippen molar-refractivity contribution in [1.82, 2.24) is 20.1 Å². The van der Waals surface area contributed by atoms with Gasteiger partial charge in [-0.2, -0.15) is 5.10 Å². The number of fused-ring (bicyclic) bond motifs is 1. The highest BCUT2D eigenvalue weighted by molar-refractivity contribution is 6.10. The first-order chi connectivity index (χ1) is 9.70. The molecule has 0 aliphatic carbocycles. The zero-order valence-corrected chi connectivity index (χ0v) is 11.4. The molecule has 1 amide bonds. The first kappa shape index (κ1) is 12.5. The van der Waals surface area contributed by atoms with Gasteiger partial charge in [0.1, 0.15) is 5.69 Å². The highest BCUT2D eigenvalue weighted by Gasteiger charge is 2.24. The summed E-state index contributed by atoms with van der Waals surface area (Å²) in [5.41, 5.74) is 3.65. The molecule has 2 aromatic heterocycles.